The number of carbonyl (C=O) groups is 2. The minimum absolute atomic E-state index is 0.346. The molecule has 0 amide bonds. The minimum Gasteiger partial charge on any atom is -0.478 e. The van der Waals surface area contributed by atoms with Crippen LogP contribution in [-0.2, 0) is 14.3 Å². The Bertz CT molecular complexity index is 887. The Labute approximate surface area is 188 Å². The van der Waals surface area contributed by atoms with Gasteiger partial charge in [0.05, 0.1) is 7.11 Å². The predicted molar refractivity (Wildman–Crippen MR) is 130 cm³/mol. The molecule has 162 valence electrons. The molecule has 0 heterocycles. The number of allylic oxidation sites excluding steroid dienone is 6. The molecule has 0 aliphatic rings. The molecule has 0 unspecified atom stereocenters. The number of ether oxygens (including phenoxy) is 1. The Kier molecular flexibility index (Phi) is 20.1. The van der Waals surface area contributed by atoms with E-state index in [0.717, 1.165) is 25.3 Å². The van der Waals surface area contributed by atoms with Crippen LogP contribution in [0.25, 0.3) is 0 Å². The summed E-state index contributed by atoms with van der Waals surface area (Å²) < 4.78 is 4.46. The smallest absolute Gasteiger partial charge is 0.330 e. The molecule has 0 spiro atoms. The number of rotatable bonds is 8. The van der Waals surface area contributed by atoms with E-state index in [2.05, 4.69) is 65.4 Å². The Morgan fingerprint density at radius 1 is 0.903 bits per heavy atom. The number of methoxy groups -OCH3 is 1. The van der Waals surface area contributed by atoms with Gasteiger partial charge in [-0.15, -0.1) is 12.0 Å². The number of hydrogen-bond donors (Lipinski definition) is 1. The standard InChI is InChI=1S/C15H20O2Si.C11H10O2/c1-17-15(16)13-11-9-7-5-6-8-10-12-14-18(2,3)4;1-2-3-4-5-6-7-8-9-10-11(12)13/h7,9,11,13H,5-6H2,1-4H3;1,7-10H,5-6H2,(H,12,13)/b9-7+,13-11+;8-7+,10-9+. The van der Waals surface area contributed by atoms with Gasteiger partial charge in [0, 0.05) is 25.0 Å². The van der Waals surface area contributed by atoms with Crippen LogP contribution in [-0.4, -0.2) is 32.2 Å². The lowest BCUT2D eigenvalue weighted by atomic mass is 10.3. The van der Waals surface area contributed by atoms with E-state index >= 15 is 0 Å². The quantitative estimate of drug-likeness (QED) is 0.152. The second-order valence-corrected chi connectivity index (χ2v) is 11.5. The van der Waals surface area contributed by atoms with Gasteiger partial charge >= 0.3 is 11.9 Å². The fourth-order valence-corrected chi connectivity index (χ4v) is 1.88. The average Bonchev–Trinajstić information content (AvgIpc) is 2.70. The number of unbranched alkanes of at least 4 members (excludes halogenated alkanes) is 2. The summed E-state index contributed by atoms with van der Waals surface area (Å²) in [6.45, 7) is 6.58. The van der Waals surface area contributed by atoms with Crippen LogP contribution in [0.3, 0.4) is 0 Å². The molecule has 0 atom stereocenters. The first-order valence-corrected chi connectivity index (χ1v) is 13.1. The number of hydrogen-bond acceptors (Lipinski definition) is 3. The van der Waals surface area contributed by atoms with Crippen molar-refractivity contribution >= 4 is 20.0 Å². The normalized spacial score (nSPS) is 10.2. The van der Waals surface area contributed by atoms with Gasteiger partial charge in [0.15, 0.2) is 0 Å². The Morgan fingerprint density at radius 3 is 1.94 bits per heavy atom. The van der Waals surface area contributed by atoms with Crippen LogP contribution >= 0.6 is 0 Å². The van der Waals surface area contributed by atoms with Crippen LogP contribution in [0.1, 0.15) is 25.7 Å². The lowest BCUT2D eigenvalue weighted by Crippen LogP contribution is -2.16. The lowest BCUT2D eigenvalue weighted by Gasteiger charge is -2.01. The average molecular weight is 435 g/mol. The van der Waals surface area contributed by atoms with Crippen molar-refractivity contribution in [1.29, 1.82) is 0 Å². The molecule has 31 heavy (non-hydrogen) atoms. The fourth-order valence-electron chi connectivity index (χ4n) is 1.44. The zero-order chi connectivity index (χ0) is 23.8. The van der Waals surface area contributed by atoms with Crippen molar-refractivity contribution in [2.24, 2.45) is 0 Å². The molecule has 1 N–H and O–H groups in total. The molecule has 5 heteroatoms. The summed E-state index contributed by atoms with van der Waals surface area (Å²) in [5, 5.41) is 8.22. The summed E-state index contributed by atoms with van der Waals surface area (Å²) in [5.41, 5.74) is 3.19. The van der Waals surface area contributed by atoms with E-state index in [-0.39, 0.29) is 5.97 Å². The van der Waals surface area contributed by atoms with E-state index in [0.29, 0.717) is 6.42 Å². The maximum absolute atomic E-state index is 10.7. The SMILES string of the molecule is C#CC#CCC/C=C/C=C/C(=O)O.COC(=O)/C=C/C=C/CCC#CC#C[Si](C)(C)C. The highest BCUT2D eigenvalue weighted by molar-refractivity contribution is 6.83. The molecule has 4 nitrogen and oxygen atoms in total. The first-order chi connectivity index (χ1) is 14.7. The third-order valence-corrected chi connectivity index (χ3v) is 3.66. The lowest BCUT2D eigenvalue weighted by molar-refractivity contribution is -0.135. The second-order valence-electron chi connectivity index (χ2n) is 6.76. The maximum Gasteiger partial charge on any atom is 0.330 e. The van der Waals surface area contributed by atoms with Crippen LogP contribution < -0.4 is 0 Å². The summed E-state index contributed by atoms with van der Waals surface area (Å²) >= 11 is 0. The largest absolute Gasteiger partial charge is 0.478 e. The van der Waals surface area contributed by atoms with Gasteiger partial charge in [0.1, 0.15) is 8.07 Å². The molecule has 0 aromatic carbocycles. The van der Waals surface area contributed by atoms with E-state index in [1.54, 1.807) is 12.2 Å². The number of terminal acetylenes is 1. The van der Waals surface area contributed by atoms with Gasteiger partial charge in [0.25, 0.3) is 0 Å². The summed E-state index contributed by atoms with van der Waals surface area (Å²) in [6, 6.07) is 0. The van der Waals surface area contributed by atoms with Crippen LogP contribution in [0.2, 0.25) is 19.6 Å². The third-order valence-electron chi connectivity index (χ3n) is 2.79. The molecule has 0 saturated heterocycles. The molecule has 0 fully saturated rings. The molecular weight excluding hydrogens is 404 g/mol. The highest BCUT2D eigenvalue weighted by Crippen LogP contribution is 1.95. The maximum atomic E-state index is 10.7. The monoisotopic (exact) mass is 434 g/mol. The van der Waals surface area contributed by atoms with Crippen molar-refractivity contribution in [3.63, 3.8) is 0 Å². The second kappa shape index (κ2) is 21.1. The molecule has 0 aromatic rings. The van der Waals surface area contributed by atoms with E-state index in [9.17, 15) is 9.59 Å². The van der Waals surface area contributed by atoms with E-state index in [4.69, 9.17) is 11.5 Å². The number of carbonyl (C=O) groups excluding carboxylic acids is 1. The summed E-state index contributed by atoms with van der Waals surface area (Å²) in [6.07, 6.45) is 20.9. The topological polar surface area (TPSA) is 63.6 Å². The van der Waals surface area contributed by atoms with Crippen LogP contribution in [0.15, 0.2) is 48.6 Å². The number of carboxylic acid groups (broad SMARTS) is 1. The molecule has 0 saturated carbocycles. The number of aliphatic carboxylic acids is 1. The summed E-state index contributed by atoms with van der Waals surface area (Å²) in [4.78, 5) is 20.7. The van der Waals surface area contributed by atoms with Gasteiger partial charge in [-0.1, -0.05) is 67.9 Å². The summed E-state index contributed by atoms with van der Waals surface area (Å²) in [7, 11) is 0.0663. The van der Waals surface area contributed by atoms with Gasteiger partial charge in [0.2, 0.25) is 0 Å². The highest BCUT2D eigenvalue weighted by Gasteiger charge is 2.06. The molecule has 0 rings (SSSR count). The van der Waals surface area contributed by atoms with Gasteiger partial charge < -0.3 is 9.84 Å². The van der Waals surface area contributed by atoms with Gasteiger partial charge in [-0.2, -0.15) is 0 Å². The van der Waals surface area contributed by atoms with Gasteiger partial charge in [-0.25, -0.2) is 9.59 Å². The van der Waals surface area contributed by atoms with Crippen LogP contribution in [0.5, 0.6) is 0 Å². The molecule has 0 aliphatic heterocycles. The van der Waals surface area contributed by atoms with Crippen LogP contribution in [0.4, 0.5) is 0 Å². The first kappa shape index (κ1) is 29.6. The minimum atomic E-state index is -1.29. The van der Waals surface area contributed by atoms with Crippen molar-refractivity contribution in [1.82, 2.24) is 0 Å². The zero-order valence-corrected chi connectivity index (χ0v) is 19.7. The van der Waals surface area contributed by atoms with Crippen LogP contribution in [0, 0.1) is 47.5 Å². The van der Waals surface area contributed by atoms with Crippen molar-refractivity contribution in [2.45, 2.75) is 45.3 Å². The Hall–Kier alpha value is -3.64. The third kappa shape index (κ3) is 31.3. The van der Waals surface area contributed by atoms with E-state index < -0.39 is 14.0 Å². The van der Waals surface area contributed by atoms with E-state index in [1.807, 2.05) is 18.2 Å². The Morgan fingerprint density at radius 2 is 1.45 bits per heavy atom. The Balaban J connectivity index is 0. The number of esters is 1. The highest BCUT2D eigenvalue weighted by atomic mass is 28.3. The van der Waals surface area contributed by atoms with Gasteiger partial charge in [-0.3, -0.25) is 0 Å². The molecule has 0 aromatic heterocycles. The molecule has 0 bridgehead atoms. The first-order valence-electron chi connectivity index (χ1n) is 9.63. The zero-order valence-electron chi connectivity index (χ0n) is 18.7. The molecule has 0 radical (unpaired) electrons. The fraction of sp³-hybridized carbons (Fsp3) is 0.308. The van der Waals surface area contributed by atoms with Crippen molar-refractivity contribution in [2.75, 3.05) is 7.11 Å². The van der Waals surface area contributed by atoms with Crippen molar-refractivity contribution < 1.29 is 19.4 Å². The number of carboxylic acids is 1. The van der Waals surface area contributed by atoms with E-state index in [1.165, 1.54) is 19.3 Å². The molecule has 0 aliphatic carbocycles. The molecular formula is C26H30O4Si. The van der Waals surface area contributed by atoms with Gasteiger partial charge in [-0.05, 0) is 36.5 Å². The summed E-state index contributed by atoms with van der Waals surface area (Å²) in [5.74, 6) is 14.9. The predicted octanol–water partition coefficient (Wildman–Crippen LogP) is 4.54. The van der Waals surface area contributed by atoms with Crippen molar-refractivity contribution in [3.8, 4) is 47.5 Å². The van der Waals surface area contributed by atoms with Crippen molar-refractivity contribution in [3.05, 3.63) is 48.6 Å².